The second-order valence-electron chi connectivity index (χ2n) is 4.61. The normalized spacial score (nSPS) is 19.6. The van der Waals surface area contributed by atoms with E-state index in [0.29, 0.717) is 17.6 Å². The third-order valence-electron chi connectivity index (χ3n) is 2.90. The van der Waals surface area contributed by atoms with Gasteiger partial charge < -0.3 is 5.32 Å². The zero-order valence-corrected chi connectivity index (χ0v) is 11.1. The SMILES string of the molecule is Cc1cccc(F)c1NC1=NC(C(C)C)CS1. The zero-order chi connectivity index (χ0) is 12.4. The van der Waals surface area contributed by atoms with E-state index in [1.54, 1.807) is 17.8 Å². The fraction of sp³-hybridized carbons (Fsp3) is 0.462. The molecule has 0 spiro atoms. The molecule has 4 heteroatoms. The molecule has 17 heavy (non-hydrogen) atoms. The molecule has 1 aromatic carbocycles. The Balaban J connectivity index is 2.15. The maximum absolute atomic E-state index is 13.6. The molecule has 1 N–H and O–H groups in total. The van der Waals surface area contributed by atoms with Crippen LogP contribution in [0.25, 0.3) is 0 Å². The average Bonchev–Trinajstić information content (AvgIpc) is 2.72. The van der Waals surface area contributed by atoms with Crippen molar-refractivity contribution in [3.63, 3.8) is 0 Å². The van der Waals surface area contributed by atoms with E-state index in [9.17, 15) is 4.39 Å². The smallest absolute Gasteiger partial charge is 0.161 e. The minimum atomic E-state index is -0.221. The summed E-state index contributed by atoms with van der Waals surface area (Å²) in [5.41, 5.74) is 1.45. The molecule has 0 amide bonds. The number of hydrogen-bond donors (Lipinski definition) is 1. The molecule has 0 fully saturated rings. The Bertz CT molecular complexity index is 423. The van der Waals surface area contributed by atoms with Gasteiger partial charge in [-0.05, 0) is 24.5 Å². The van der Waals surface area contributed by atoms with Crippen molar-refractivity contribution in [2.75, 3.05) is 11.1 Å². The van der Waals surface area contributed by atoms with Crippen LogP contribution in [0.2, 0.25) is 0 Å². The summed E-state index contributed by atoms with van der Waals surface area (Å²) in [5.74, 6) is 1.29. The van der Waals surface area contributed by atoms with E-state index in [1.165, 1.54) is 6.07 Å². The van der Waals surface area contributed by atoms with Gasteiger partial charge in [-0.25, -0.2) is 4.39 Å². The summed E-state index contributed by atoms with van der Waals surface area (Å²) in [6.07, 6.45) is 0. The van der Waals surface area contributed by atoms with E-state index in [2.05, 4.69) is 24.2 Å². The summed E-state index contributed by atoms with van der Waals surface area (Å²) in [7, 11) is 0. The number of amidine groups is 1. The lowest BCUT2D eigenvalue weighted by atomic mass is 10.1. The van der Waals surface area contributed by atoms with E-state index in [1.807, 2.05) is 13.0 Å². The summed E-state index contributed by atoms with van der Waals surface area (Å²) in [6.45, 7) is 6.21. The van der Waals surface area contributed by atoms with Crippen molar-refractivity contribution in [2.45, 2.75) is 26.8 Å². The van der Waals surface area contributed by atoms with Crippen LogP contribution in [0, 0.1) is 18.7 Å². The van der Waals surface area contributed by atoms with Crippen molar-refractivity contribution < 1.29 is 4.39 Å². The van der Waals surface area contributed by atoms with E-state index in [4.69, 9.17) is 0 Å². The van der Waals surface area contributed by atoms with Crippen molar-refractivity contribution in [1.82, 2.24) is 0 Å². The van der Waals surface area contributed by atoms with Crippen LogP contribution in [0.15, 0.2) is 23.2 Å². The first kappa shape index (κ1) is 12.4. The maximum Gasteiger partial charge on any atom is 0.161 e. The van der Waals surface area contributed by atoms with E-state index < -0.39 is 0 Å². The minimum absolute atomic E-state index is 0.221. The molecule has 0 radical (unpaired) electrons. The van der Waals surface area contributed by atoms with Crippen LogP contribution in [0.1, 0.15) is 19.4 Å². The summed E-state index contributed by atoms with van der Waals surface area (Å²) >= 11 is 1.66. The van der Waals surface area contributed by atoms with Crippen molar-refractivity contribution in [3.8, 4) is 0 Å². The molecular weight excluding hydrogens is 235 g/mol. The Morgan fingerprint density at radius 3 is 2.82 bits per heavy atom. The first-order valence-electron chi connectivity index (χ1n) is 5.80. The second-order valence-corrected chi connectivity index (χ2v) is 5.62. The van der Waals surface area contributed by atoms with Gasteiger partial charge in [0.25, 0.3) is 0 Å². The summed E-state index contributed by atoms with van der Waals surface area (Å²) in [5, 5.41) is 3.93. The average molecular weight is 252 g/mol. The number of aliphatic imine (C=N–C) groups is 1. The molecular formula is C13H17FN2S. The number of nitrogens with one attached hydrogen (secondary N) is 1. The number of para-hydroxylation sites is 1. The molecule has 0 aliphatic carbocycles. The van der Waals surface area contributed by atoms with Gasteiger partial charge in [0, 0.05) is 5.75 Å². The molecule has 1 heterocycles. The Labute approximate surface area is 106 Å². The Kier molecular flexibility index (Phi) is 3.72. The van der Waals surface area contributed by atoms with Crippen molar-refractivity contribution >= 4 is 22.6 Å². The molecule has 0 saturated carbocycles. The lowest BCUT2D eigenvalue weighted by Crippen LogP contribution is -2.12. The summed E-state index contributed by atoms with van der Waals surface area (Å²) in [6, 6.07) is 5.42. The molecule has 2 rings (SSSR count). The fourth-order valence-electron chi connectivity index (χ4n) is 1.70. The van der Waals surface area contributed by atoms with E-state index >= 15 is 0 Å². The zero-order valence-electron chi connectivity index (χ0n) is 10.3. The molecule has 1 aliphatic heterocycles. The Morgan fingerprint density at radius 2 is 2.24 bits per heavy atom. The van der Waals surface area contributed by atoms with Gasteiger partial charge in [0.2, 0.25) is 0 Å². The number of thioether (sulfide) groups is 1. The molecule has 1 unspecified atom stereocenters. The Morgan fingerprint density at radius 1 is 1.47 bits per heavy atom. The van der Waals surface area contributed by atoms with Crippen LogP contribution in [0.3, 0.4) is 0 Å². The molecule has 2 nitrogen and oxygen atoms in total. The first-order valence-corrected chi connectivity index (χ1v) is 6.79. The lowest BCUT2D eigenvalue weighted by Gasteiger charge is -2.09. The van der Waals surface area contributed by atoms with Crippen LogP contribution >= 0.6 is 11.8 Å². The topological polar surface area (TPSA) is 24.4 Å². The standard InChI is InChI=1S/C13H17FN2S/c1-8(2)11-7-17-13(15-11)16-12-9(3)5-4-6-10(12)14/h4-6,8,11H,7H2,1-3H3,(H,15,16). The highest BCUT2D eigenvalue weighted by molar-refractivity contribution is 8.14. The van der Waals surface area contributed by atoms with Crippen molar-refractivity contribution in [3.05, 3.63) is 29.6 Å². The highest BCUT2D eigenvalue weighted by Gasteiger charge is 2.21. The minimum Gasteiger partial charge on any atom is -0.332 e. The van der Waals surface area contributed by atoms with Crippen LogP contribution in [-0.4, -0.2) is 17.0 Å². The van der Waals surface area contributed by atoms with Crippen LogP contribution < -0.4 is 5.32 Å². The van der Waals surface area contributed by atoms with Gasteiger partial charge in [0.05, 0.1) is 11.7 Å². The monoisotopic (exact) mass is 252 g/mol. The van der Waals surface area contributed by atoms with Crippen molar-refractivity contribution in [1.29, 1.82) is 0 Å². The largest absolute Gasteiger partial charge is 0.332 e. The predicted octanol–water partition coefficient (Wildman–Crippen LogP) is 3.67. The van der Waals surface area contributed by atoms with Gasteiger partial charge in [-0.2, -0.15) is 0 Å². The van der Waals surface area contributed by atoms with Gasteiger partial charge in [-0.1, -0.05) is 37.7 Å². The number of aryl methyl sites for hydroxylation is 1. The van der Waals surface area contributed by atoms with Crippen LogP contribution in [0.4, 0.5) is 10.1 Å². The first-order chi connectivity index (χ1) is 8.08. The van der Waals surface area contributed by atoms with E-state index in [0.717, 1.165) is 16.5 Å². The molecule has 1 aliphatic rings. The molecule has 1 atom stereocenters. The van der Waals surface area contributed by atoms with Gasteiger partial charge in [0.15, 0.2) is 5.17 Å². The molecule has 0 aromatic heterocycles. The van der Waals surface area contributed by atoms with Crippen LogP contribution in [0.5, 0.6) is 0 Å². The maximum atomic E-state index is 13.6. The van der Waals surface area contributed by atoms with E-state index in [-0.39, 0.29) is 5.82 Å². The predicted molar refractivity (Wildman–Crippen MR) is 73.3 cm³/mol. The third-order valence-corrected chi connectivity index (χ3v) is 3.89. The molecule has 92 valence electrons. The highest BCUT2D eigenvalue weighted by Crippen LogP contribution is 2.26. The Hall–Kier alpha value is -1.03. The highest BCUT2D eigenvalue weighted by atomic mass is 32.2. The van der Waals surface area contributed by atoms with Gasteiger partial charge in [-0.15, -0.1) is 0 Å². The quantitative estimate of drug-likeness (QED) is 0.868. The second kappa shape index (κ2) is 5.08. The number of hydrogen-bond acceptors (Lipinski definition) is 3. The molecule has 0 saturated heterocycles. The van der Waals surface area contributed by atoms with Crippen molar-refractivity contribution in [2.24, 2.45) is 10.9 Å². The third kappa shape index (κ3) is 2.80. The van der Waals surface area contributed by atoms with Gasteiger partial charge in [-0.3, -0.25) is 4.99 Å². The fourth-order valence-corrected chi connectivity index (χ4v) is 2.87. The summed E-state index contributed by atoms with van der Waals surface area (Å²) in [4.78, 5) is 4.57. The van der Waals surface area contributed by atoms with Crippen LogP contribution in [-0.2, 0) is 0 Å². The molecule has 1 aromatic rings. The number of rotatable bonds is 2. The number of benzene rings is 1. The number of anilines is 1. The summed E-state index contributed by atoms with van der Waals surface area (Å²) < 4.78 is 13.6. The number of nitrogens with zero attached hydrogens (tertiary/aromatic N) is 1. The van der Waals surface area contributed by atoms with Gasteiger partial charge in [0.1, 0.15) is 5.82 Å². The van der Waals surface area contributed by atoms with Gasteiger partial charge >= 0.3 is 0 Å². The lowest BCUT2D eigenvalue weighted by molar-refractivity contribution is 0.543. The number of halogens is 1. The molecule has 0 bridgehead atoms.